The second-order valence-corrected chi connectivity index (χ2v) is 6.25. The van der Waals surface area contributed by atoms with Gasteiger partial charge in [-0.1, -0.05) is 19.8 Å². The molecular formula is C16H21N5O3. The third kappa shape index (κ3) is 3.52. The summed E-state index contributed by atoms with van der Waals surface area (Å²) in [7, 11) is 0. The summed E-state index contributed by atoms with van der Waals surface area (Å²) in [6.07, 6.45) is 6.00. The van der Waals surface area contributed by atoms with E-state index < -0.39 is 5.97 Å². The van der Waals surface area contributed by atoms with Gasteiger partial charge in [-0.25, -0.2) is 14.3 Å². The average molecular weight is 331 g/mol. The minimum atomic E-state index is -0.730. The molecule has 0 aromatic carbocycles. The van der Waals surface area contributed by atoms with Crippen LogP contribution in [0.4, 0.5) is 0 Å². The summed E-state index contributed by atoms with van der Waals surface area (Å²) in [4.78, 5) is 32.0. The number of ether oxygens (including phenoxy) is 1. The highest BCUT2D eigenvalue weighted by Crippen LogP contribution is 2.23. The zero-order valence-corrected chi connectivity index (χ0v) is 13.9. The Hall–Kier alpha value is -2.51. The maximum absolute atomic E-state index is 12.0. The van der Waals surface area contributed by atoms with E-state index >= 15 is 0 Å². The molecule has 1 amide bonds. The molecule has 24 heavy (non-hydrogen) atoms. The lowest BCUT2D eigenvalue weighted by Gasteiger charge is -2.29. The second-order valence-electron chi connectivity index (χ2n) is 6.25. The molecule has 1 saturated carbocycles. The summed E-state index contributed by atoms with van der Waals surface area (Å²) >= 11 is 0. The predicted octanol–water partition coefficient (Wildman–Crippen LogP) is 1.28. The van der Waals surface area contributed by atoms with E-state index in [2.05, 4.69) is 27.3 Å². The van der Waals surface area contributed by atoms with Gasteiger partial charge >= 0.3 is 5.97 Å². The van der Waals surface area contributed by atoms with Crippen LogP contribution in [-0.4, -0.2) is 44.1 Å². The molecule has 8 heteroatoms. The molecule has 2 aromatic heterocycles. The maximum Gasteiger partial charge on any atom is 0.378 e. The van der Waals surface area contributed by atoms with E-state index in [1.807, 2.05) is 6.92 Å². The van der Waals surface area contributed by atoms with Crippen molar-refractivity contribution in [3.8, 4) is 0 Å². The number of carbonyl (C=O) groups is 2. The smallest absolute Gasteiger partial charge is 0.378 e. The SMILES string of the molecule is Cc1ccnc2nc(C(=O)OCC(=O)N[C@@H]3CCCC[C@H]3C)nn12. The Morgan fingerprint density at radius 2 is 2.17 bits per heavy atom. The zero-order chi connectivity index (χ0) is 17.1. The molecule has 2 atom stereocenters. The van der Waals surface area contributed by atoms with Crippen LogP contribution in [0.2, 0.25) is 0 Å². The van der Waals surface area contributed by atoms with Gasteiger partial charge in [-0.15, -0.1) is 5.10 Å². The lowest BCUT2D eigenvalue weighted by atomic mass is 9.86. The van der Waals surface area contributed by atoms with Crippen LogP contribution in [0.3, 0.4) is 0 Å². The number of esters is 1. The van der Waals surface area contributed by atoms with E-state index in [9.17, 15) is 9.59 Å². The van der Waals surface area contributed by atoms with Crippen LogP contribution in [0.1, 0.15) is 48.9 Å². The van der Waals surface area contributed by atoms with Gasteiger partial charge in [0.2, 0.25) is 0 Å². The lowest BCUT2D eigenvalue weighted by Crippen LogP contribution is -2.42. The Morgan fingerprint density at radius 1 is 1.38 bits per heavy atom. The van der Waals surface area contributed by atoms with Gasteiger partial charge < -0.3 is 10.1 Å². The van der Waals surface area contributed by atoms with Crippen molar-refractivity contribution in [1.29, 1.82) is 0 Å². The van der Waals surface area contributed by atoms with Gasteiger partial charge in [0.25, 0.3) is 17.5 Å². The number of rotatable bonds is 4. The van der Waals surface area contributed by atoms with E-state index in [-0.39, 0.29) is 24.4 Å². The van der Waals surface area contributed by atoms with Crippen LogP contribution < -0.4 is 5.32 Å². The van der Waals surface area contributed by atoms with Crippen molar-refractivity contribution < 1.29 is 14.3 Å². The maximum atomic E-state index is 12.0. The van der Waals surface area contributed by atoms with E-state index in [1.165, 1.54) is 10.9 Å². The third-order valence-electron chi connectivity index (χ3n) is 4.40. The molecule has 1 fully saturated rings. The van der Waals surface area contributed by atoms with Crippen molar-refractivity contribution >= 4 is 17.7 Å². The third-order valence-corrected chi connectivity index (χ3v) is 4.40. The van der Waals surface area contributed by atoms with Crippen LogP contribution >= 0.6 is 0 Å². The number of fused-ring (bicyclic) bond motifs is 1. The zero-order valence-electron chi connectivity index (χ0n) is 13.9. The van der Waals surface area contributed by atoms with Gasteiger partial charge in [-0.05, 0) is 31.7 Å². The molecule has 3 rings (SSSR count). The van der Waals surface area contributed by atoms with Crippen molar-refractivity contribution in [2.45, 2.75) is 45.6 Å². The first-order valence-corrected chi connectivity index (χ1v) is 8.19. The Labute approximate surface area is 139 Å². The molecule has 2 heterocycles. The number of aryl methyl sites for hydroxylation is 1. The summed E-state index contributed by atoms with van der Waals surface area (Å²) in [6.45, 7) is 3.63. The van der Waals surface area contributed by atoms with E-state index in [0.717, 1.165) is 25.0 Å². The topological polar surface area (TPSA) is 98.5 Å². The number of carbonyl (C=O) groups excluding carboxylic acids is 2. The quantitative estimate of drug-likeness (QED) is 0.848. The predicted molar refractivity (Wildman–Crippen MR) is 85.4 cm³/mol. The fourth-order valence-corrected chi connectivity index (χ4v) is 2.97. The molecule has 0 spiro atoms. The van der Waals surface area contributed by atoms with Gasteiger partial charge in [-0.3, -0.25) is 4.79 Å². The lowest BCUT2D eigenvalue weighted by molar-refractivity contribution is -0.125. The number of nitrogens with zero attached hydrogens (tertiary/aromatic N) is 4. The van der Waals surface area contributed by atoms with Crippen molar-refractivity contribution in [2.24, 2.45) is 5.92 Å². The minimum absolute atomic E-state index is 0.101. The highest BCUT2D eigenvalue weighted by atomic mass is 16.5. The molecule has 1 aliphatic carbocycles. The van der Waals surface area contributed by atoms with Crippen LogP contribution in [0.25, 0.3) is 5.78 Å². The Morgan fingerprint density at radius 3 is 2.92 bits per heavy atom. The summed E-state index contributed by atoms with van der Waals surface area (Å²) in [5.74, 6) is -0.350. The fraction of sp³-hybridized carbons (Fsp3) is 0.562. The van der Waals surface area contributed by atoms with Crippen LogP contribution in [-0.2, 0) is 9.53 Å². The highest BCUT2D eigenvalue weighted by Gasteiger charge is 2.23. The van der Waals surface area contributed by atoms with Crippen LogP contribution in [0.5, 0.6) is 0 Å². The standard InChI is InChI=1S/C16H21N5O3/c1-10-5-3-4-6-12(10)18-13(22)9-24-15(23)14-19-16-17-8-7-11(2)21(16)20-14/h7-8,10,12H,3-6,9H2,1-2H3,(H,18,22)/t10-,12-/m1/s1. The molecular weight excluding hydrogens is 310 g/mol. The second kappa shape index (κ2) is 6.94. The average Bonchev–Trinajstić information content (AvgIpc) is 3.00. The molecule has 0 saturated heterocycles. The normalized spacial score (nSPS) is 20.8. The number of amides is 1. The molecule has 8 nitrogen and oxygen atoms in total. The first kappa shape index (κ1) is 16.4. The number of hydrogen-bond donors (Lipinski definition) is 1. The summed E-state index contributed by atoms with van der Waals surface area (Å²) < 4.78 is 6.48. The molecule has 1 aliphatic rings. The number of nitrogens with one attached hydrogen (secondary N) is 1. The molecule has 128 valence electrons. The highest BCUT2D eigenvalue weighted by molar-refractivity contribution is 5.88. The van der Waals surface area contributed by atoms with Gasteiger partial charge in [0.1, 0.15) is 0 Å². The van der Waals surface area contributed by atoms with Crippen molar-refractivity contribution in [3.63, 3.8) is 0 Å². The van der Waals surface area contributed by atoms with E-state index in [4.69, 9.17) is 4.74 Å². The first-order chi connectivity index (χ1) is 11.5. The van der Waals surface area contributed by atoms with Crippen LogP contribution in [0, 0.1) is 12.8 Å². The minimum Gasteiger partial charge on any atom is -0.450 e. The number of aromatic nitrogens is 4. The molecule has 1 N–H and O–H groups in total. The molecule has 2 aromatic rings. The summed E-state index contributed by atoms with van der Waals surface area (Å²) in [6, 6.07) is 1.92. The Bertz CT molecular complexity index is 757. The van der Waals surface area contributed by atoms with Crippen molar-refractivity contribution in [1.82, 2.24) is 24.9 Å². The van der Waals surface area contributed by atoms with E-state index in [0.29, 0.717) is 11.7 Å². The monoisotopic (exact) mass is 331 g/mol. The van der Waals surface area contributed by atoms with Gasteiger partial charge in [0.15, 0.2) is 6.61 Å². The van der Waals surface area contributed by atoms with Crippen LogP contribution in [0.15, 0.2) is 12.3 Å². The van der Waals surface area contributed by atoms with Crippen molar-refractivity contribution in [3.05, 3.63) is 23.8 Å². The summed E-state index contributed by atoms with van der Waals surface area (Å²) in [5.41, 5.74) is 0.801. The van der Waals surface area contributed by atoms with E-state index in [1.54, 1.807) is 12.3 Å². The fourth-order valence-electron chi connectivity index (χ4n) is 2.97. The van der Waals surface area contributed by atoms with Gasteiger partial charge in [0, 0.05) is 17.9 Å². The first-order valence-electron chi connectivity index (χ1n) is 8.19. The molecule has 0 unspecified atom stereocenters. The van der Waals surface area contributed by atoms with Crippen molar-refractivity contribution in [2.75, 3.05) is 6.61 Å². The van der Waals surface area contributed by atoms with Gasteiger partial charge in [-0.2, -0.15) is 4.98 Å². The molecule has 0 aliphatic heterocycles. The molecule has 0 radical (unpaired) electrons. The largest absolute Gasteiger partial charge is 0.450 e. The molecule has 0 bridgehead atoms. The summed E-state index contributed by atoms with van der Waals surface area (Å²) in [5, 5.41) is 6.99. The Balaban J connectivity index is 1.56. The Kier molecular flexibility index (Phi) is 4.73. The van der Waals surface area contributed by atoms with Gasteiger partial charge in [0.05, 0.1) is 0 Å². The number of hydrogen-bond acceptors (Lipinski definition) is 6.